The molecule has 0 aliphatic carbocycles. The monoisotopic (exact) mass is 1000 g/mol. The van der Waals surface area contributed by atoms with Crippen LogP contribution in [0.5, 0.6) is 0 Å². The third-order valence-corrected chi connectivity index (χ3v) is 14.7. The molecule has 0 radical (unpaired) electrons. The molecule has 7 unspecified atom stereocenters. The molecule has 418 valence electrons. The molecule has 1 amide bonds. The van der Waals surface area contributed by atoms with Crippen molar-refractivity contribution < 1.29 is 39.8 Å². The lowest BCUT2D eigenvalue weighted by atomic mass is 9.99. The van der Waals surface area contributed by atoms with Crippen LogP contribution in [0.4, 0.5) is 0 Å². The fourth-order valence-corrected chi connectivity index (χ4v) is 9.84. The van der Waals surface area contributed by atoms with Crippen LogP contribution in [0.3, 0.4) is 0 Å². The fraction of sp³-hybridized carbons (Fsp3) is 0.887. The molecule has 6 N–H and O–H groups in total. The highest BCUT2D eigenvalue weighted by Gasteiger charge is 2.44. The molecule has 0 aromatic heterocycles. The van der Waals surface area contributed by atoms with Crippen molar-refractivity contribution in [2.45, 2.75) is 339 Å². The second kappa shape index (κ2) is 51.9. The Kier molecular flexibility index (Phi) is 49.3. The molecule has 1 heterocycles. The second-order valence-electron chi connectivity index (χ2n) is 21.5. The van der Waals surface area contributed by atoms with E-state index in [1.165, 1.54) is 231 Å². The van der Waals surface area contributed by atoms with Gasteiger partial charge in [-0.3, -0.25) is 4.79 Å². The van der Waals surface area contributed by atoms with Crippen LogP contribution in [0, 0.1) is 0 Å². The van der Waals surface area contributed by atoms with Gasteiger partial charge in [0.05, 0.1) is 25.4 Å². The van der Waals surface area contributed by atoms with Gasteiger partial charge in [0.1, 0.15) is 24.4 Å². The maximum absolute atomic E-state index is 13.1. The smallest absolute Gasteiger partial charge is 0.220 e. The summed E-state index contributed by atoms with van der Waals surface area (Å²) < 4.78 is 11.3. The number of carbonyl (C=O) groups is 1. The van der Waals surface area contributed by atoms with E-state index >= 15 is 0 Å². The lowest BCUT2D eigenvalue weighted by molar-refractivity contribution is -0.302. The van der Waals surface area contributed by atoms with E-state index in [1.54, 1.807) is 6.08 Å². The average molecular weight is 1000 g/mol. The predicted molar refractivity (Wildman–Crippen MR) is 300 cm³/mol. The molecule has 1 saturated heterocycles. The Morgan fingerprint density at radius 2 is 0.831 bits per heavy atom. The summed E-state index contributed by atoms with van der Waals surface area (Å²) in [5, 5.41) is 54.5. The lowest BCUT2D eigenvalue weighted by Crippen LogP contribution is -2.60. The Morgan fingerprint density at radius 3 is 1.21 bits per heavy atom. The van der Waals surface area contributed by atoms with Crippen molar-refractivity contribution in [1.29, 1.82) is 0 Å². The van der Waals surface area contributed by atoms with Crippen molar-refractivity contribution in [3.8, 4) is 0 Å². The van der Waals surface area contributed by atoms with Crippen LogP contribution < -0.4 is 5.32 Å². The number of hydrogen-bond acceptors (Lipinski definition) is 8. The number of hydrogen-bond donors (Lipinski definition) is 6. The van der Waals surface area contributed by atoms with Crippen molar-refractivity contribution in [2.75, 3.05) is 13.2 Å². The summed E-state index contributed by atoms with van der Waals surface area (Å²) in [5.41, 5.74) is 0. The van der Waals surface area contributed by atoms with E-state index in [1.807, 2.05) is 6.08 Å². The minimum atomic E-state index is -1.57. The highest BCUT2D eigenvalue weighted by molar-refractivity contribution is 5.76. The third kappa shape index (κ3) is 41.4. The molecule has 9 nitrogen and oxygen atoms in total. The van der Waals surface area contributed by atoms with E-state index in [2.05, 4.69) is 43.5 Å². The number of nitrogens with one attached hydrogen (secondary N) is 1. The van der Waals surface area contributed by atoms with Crippen LogP contribution in [-0.2, 0) is 14.3 Å². The van der Waals surface area contributed by atoms with Gasteiger partial charge in [0.15, 0.2) is 6.29 Å². The number of allylic oxidation sites excluding steroid dienone is 5. The molecule has 71 heavy (non-hydrogen) atoms. The summed E-state index contributed by atoms with van der Waals surface area (Å²) in [7, 11) is 0. The molecule has 0 spiro atoms. The van der Waals surface area contributed by atoms with Crippen LogP contribution in [0.15, 0.2) is 36.5 Å². The molecule has 0 aromatic rings. The number of rotatable bonds is 53. The highest BCUT2D eigenvalue weighted by Crippen LogP contribution is 2.23. The van der Waals surface area contributed by atoms with Gasteiger partial charge in [-0.2, -0.15) is 0 Å². The zero-order valence-electron chi connectivity index (χ0n) is 46.5. The number of aliphatic hydroxyl groups is 5. The summed E-state index contributed by atoms with van der Waals surface area (Å²) in [6.45, 7) is 3.81. The van der Waals surface area contributed by atoms with Gasteiger partial charge in [-0.25, -0.2) is 0 Å². The summed E-state index contributed by atoms with van der Waals surface area (Å²) >= 11 is 0. The van der Waals surface area contributed by atoms with E-state index in [-0.39, 0.29) is 12.5 Å². The summed E-state index contributed by atoms with van der Waals surface area (Å²) in [6.07, 6.45) is 60.8. The van der Waals surface area contributed by atoms with Crippen molar-refractivity contribution in [3.63, 3.8) is 0 Å². The summed E-state index contributed by atoms with van der Waals surface area (Å²) in [5.74, 6) is -0.173. The highest BCUT2D eigenvalue weighted by atomic mass is 16.7. The summed E-state index contributed by atoms with van der Waals surface area (Å²) in [4.78, 5) is 13.1. The number of aliphatic hydroxyl groups excluding tert-OH is 5. The molecule has 1 fully saturated rings. The molecule has 1 aliphatic heterocycles. The van der Waals surface area contributed by atoms with Gasteiger partial charge in [0, 0.05) is 6.42 Å². The quantitative estimate of drug-likeness (QED) is 0.0261. The lowest BCUT2D eigenvalue weighted by Gasteiger charge is -2.40. The van der Waals surface area contributed by atoms with Crippen molar-refractivity contribution in [1.82, 2.24) is 5.32 Å². The minimum absolute atomic E-state index is 0.173. The average Bonchev–Trinajstić information content (AvgIpc) is 3.37. The Hall–Kier alpha value is -1.59. The second-order valence-corrected chi connectivity index (χ2v) is 21.5. The number of unbranched alkanes of at least 4 members (excludes halogenated alkanes) is 39. The third-order valence-electron chi connectivity index (χ3n) is 14.7. The van der Waals surface area contributed by atoms with Crippen molar-refractivity contribution in [3.05, 3.63) is 36.5 Å². The first-order chi connectivity index (χ1) is 34.8. The van der Waals surface area contributed by atoms with Crippen LogP contribution >= 0.6 is 0 Å². The SMILES string of the molecule is CCCCCCCCCCC/C=C\C/C=C\CCCCCCCCCCCCCCCCCC(=O)NC(COC1OC(CO)C(O)C(O)C1O)C(O)/C=C/CCCCCCCCCCCCCCCCC. The number of carbonyl (C=O) groups excluding carboxylic acids is 1. The van der Waals surface area contributed by atoms with Crippen molar-refractivity contribution >= 4 is 5.91 Å². The zero-order chi connectivity index (χ0) is 51.5. The predicted octanol–water partition coefficient (Wildman–Crippen LogP) is 15.5. The van der Waals surface area contributed by atoms with Gasteiger partial charge in [0.2, 0.25) is 5.91 Å². The first-order valence-electron chi connectivity index (χ1n) is 30.7. The first kappa shape index (κ1) is 67.4. The molecule has 0 bridgehead atoms. The molecule has 1 aliphatic rings. The minimum Gasteiger partial charge on any atom is -0.394 e. The zero-order valence-corrected chi connectivity index (χ0v) is 46.5. The van der Waals surface area contributed by atoms with Gasteiger partial charge in [0.25, 0.3) is 0 Å². The molecule has 9 heteroatoms. The van der Waals surface area contributed by atoms with E-state index in [0.717, 1.165) is 44.9 Å². The molecule has 0 saturated carbocycles. The fourth-order valence-electron chi connectivity index (χ4n) is 9.84. The molecule has 1 rings (SSSR count). The first-order valence-corrected chi connectivity index (χ1v) is 30.7. The standard InChI is InChI=1S/C62H117NO8/c1-3-5-7-9-11-13-15-17-19-21-22-23-24-25-26-27-28-29-30-31-32-33-34-36-38-40-42-44-46-48-50-52-58(66)63-55(54-70-62-61(69)60(68)59(67)57(53-64)71-62)56(65)51-49-47-45-43-41-39-37-35-20-18-16-14-12-10-8-6-4-2/h22-23,25-26,49,51,55-57,59-62,64-65,67-69H,3-21,24,27-48,50,52-54H2,1-2H3,(H,63,66)/b23-22-,26-25-,51-49+. The maximum Gasteiger partial charge on any atom is 0.220 e. The van der Waals surface area contributed by atoms with E-state index < -0.39 is 49.5 Å². The van der Waals surface area contributed by atoms with Crippen LogP contribution in [0.2, 0.25) is 0 Å². The van der Waals surface area contributed by atoms with Crippen molar-refractivity contribution in [2.24, 2.45) is 0 Å². The topological polar surface area (TPSA) is 149 Å². The maximum atomic E-state index is 13.1. The van der Waals surface area contributed by atoms with Crippen LogP contribution in [0.25, 0.3) is 0 Å². The largest absolute Gasteiger partial charge is 0.394 e. The Morgan fingerprint density at radius 1 is 0.479 bits per heavy atom. The summed E-state index contributed by atoms with van der Waals surface area (Å²) in [6, 6.07) is -0.804. The normalized spacial score (nSPS) is 19.5. The van der Waals surface area contributed by atoms with E-state index in [9.17, 15) is 30.3 Å². The Bertz CT molecular complexity index is 1210. The van der Waals surface area contributed by atoms with Crippen LogP contribution in [-0.4, -0.2) is 87.5 Å². The molecular formula is C62H117NO8. The van der Waals surface area contributed by atoms with Gasteiger partial charge in [-0.15, -0.1) is 0 Å². The number of amides is 1. The van der Waals surface area contributed by atoms with Gasteiger partial charge >= 0.3 is 0 Å². The van der Waals surface area contributed by atoms with Gasteiger partial charge < -0.3 is 40.3 Å². The van der Waals surface area contributed by atoms with E-state index in [4.69, 9.17) is 9.47 Å². The Labute approximate surface area is 438 Å². The molecule has 7 atom stereocenters. The van der Waals surface area contributed by atoms with E-state index in [0.29, 0.717) is 6.42 Å². The molecular weight excluding hydrogens is 887 g/mol. The number of ether oxygens (including phenoxy) is 2. The van der Waals surface area contributed by atoms with Gasteiger partial charge in [-0.1, -0.05) is 275 Å². The molecule has 0 aromatic carbocycles. The van der Waals surface area contributed by atoms with Gasteiger partial charge in [-0.05, 0) is 51.4 Å². The Balaban J connectivity index is 2.15. The van der Waals surface area contributed by atoms with Crippen LogP contribution in [0.1, 0.15) is 296 Å².